The second-order valence-electron chi connectivity index (χ2n) is 5.13. The van der Waals surface area contributed by atoms with Crippen molar-refractivity contribution >= 4 is 43.4 Å². The largest absolute Gasteiger partial charge is 0.383 e. The van der Waals surface area contributed by atoms with E-state index in [2.05, 4.69) is 31.9 Å². The van der Waals surface area contributed by atoms with Gasteiger partial charge >= 0.3 is 0 Å². The Morgan fingerprint density at radius 1 is 1.55 bits per heavy atom. The van der Waals surface area contributed by atoms with E-state index in [1.54, 1.807) is 18.4 Å². The number of hydrogen-bond donors (Lipinski definition) is 1. The fourth-order valence-electron chi connectivity index (χ4n) is 2.31. The summed E-state index contributed by atoms with van der Waals surface area (Å²) < 4.78 is 9.40. The summed E-state index contributed by atoms with van der Waals surface area (Å²) in [6.45, 7) is 2.02. The Morgan fingerprint density at radius 2 is 2.35 bits per heavy atom. The smallest absolute Gasteiger partial charge is 0.268 e. The third-order valence-corrected chi connectivity index (χ3v) is 5.10. The van der Waals surface area contributed by atoms with Gasteiger partial charge < -0.3 is 14.6 Å². The third kappa shape index (κ3) is 2.92. The minimum Gasteiger partial charge on any atom is -0.383 e. The van der Waals surface area contributed by atoms with Crippen LogP contribution in [0.25, 0.3) is 10.2 Å². The lowest BCUT2D eigenvalue weighted by atomic mass is 10.3. The number of fused-ring (bicyclic) bond motifs is 1. The van der Waals surface area contributed by atoms with Gasteiger partial charge in [-0.2, -0.15) is 0 Å². The molecule has 108 valence electrons. The van der Waals surface area contributed by atoms with Gasteiger partial charge in [-0.1, -0.05) is 0 Å². The number of aromatic nitrogens is 1. The molecule has 0 saturated heterocycles. The predicted octanol–water partition coefficient (Wildman–Crippen LogP) is 3.25. The molecule has 0 aliphatic heterocycles. The van der Waals surface area contributed by atoms with Crippen molar-refractivity contribution in [3.63, 3.8) is 0 Å². The van der Waals surface area contributed by atoms with E-state index in [9.17, 15) is 4.79 Å². The maximum atomic E-state index is 12.3. The molecule has 1 fully saturated rings. The summed E-state index contributed by atoms with van der Waals surface area (Å²) in [6, 6.07) is 4.10. The number of amides is 1. The number of carbonyl (C=O) groups is 1. The fourth-order valence-corrected chi connectivity index (χ4v) is 3.88. The predicted molar refractivity (Wildman–Crippen MR) is 84.4 cm³/mol. The van der Waals surface area contributed by atoms with Gasteiger partial charge in [-0.05, 0) is 46.8 Å². The summed E-state index contributed by atoms with van der Waals surface area (Å²) in [6.07, 6.45) is 2.55. The zero-order chi connectivity index (χ0) is 14.1. The summed E-state index contributed by atoms with van der Waals surface area (Å²) in [5.41, 5.74) is 1.92. The van der Waals surface area contributed by atoms with Crippen LogP contribution in [-0.2, 0) is 11.3 Å². The monoisotopic (exact) mass is 356 g/mol. The molecule has 3 rings (SSSR count). The molecular formula is C14H17BrN2O2S. The van der Waals surface area contributed by atoms with Crippen LogP contribution < -0.4 is 5.32 Å². The van der Waals surface area contributed by atoms with Crippen molar-refractivity contribution in [2.75, 3.05) is 20.3 Å². The molecule has 0 aromatic carbocycles. The van der Waals surface area contributed by atoms with Crippen molar-refractivity contribution in [1.29, 1.82) is 0 Å². The van der Waals surface area contributed by atoms with Crippen LogP contribution in [0.15, 0.2) is 15.9 Å². The average Bonchev–Trinajstić information content (AvgIpc) is 3.07. The van der Waals surface area contributed by atoms with Gasteiger partial charge in [-0.25, -0.2) is 0 Å². The van der Waals surface area contributed by atoms with Crippen LogP contribution in [0.4, 0.5) is 0 Å². The second kappa shape index (κ2) is 5.87. The highest BCUT2D eigenvalue weighted by Gasteiger charge is 2.25. The van der Waals surface area contributed by atoms with Crippen molar-refractivity contribution in [1.82, 2.24) is 9.88 Å². The number of rotatable bonds is 6. The quantitative estimate of drug-likeness (QED) is 0.807. The number of halogens is 1. The van der Waals surface area contributed by atoms with Crippen LogP contribution in [0.5, 0.6) is 0 Å². The Morgan fingerprint density at radius 3 is 3.05 bits per heavy atom. The minimum absolute atomic E-state index is 0.0118. The van der Waals surface area contributed by atoms with Crippen LogP contribution >= 0.6 is 27.3 Å². The van der Waals surface area contributed by atoms with Gasteiger partial charge in [-0.3, -0.25) is 4.79 Å². The number of hydrogen-bond acceptors (Lipinski definition) is 3. The molecule has 0 spiro atoms. The first-order valence-electron chi connectivity index (χ1n) is 6.74. The Bertz CT molecular complexity index is 630. The third-order valence-electron chi connectivity index (χ3n) is 3.52. The van der Waals surface area contributed by atoms with Crippen LogP contribution in [0.2, 0.25) is 0 Å². The highest BCUT2D eigenvalue weighted by atomic mass is 79.9. The first-order chi connectivity index (χ1) is 9.69. The zero-order valence-corrected chi connectivity index (χ0v) is 13.7. The first-order valence-corrected chi connectivity index (χ1v) is 8.35. The number of methoxy groups -OCH3 is 1. The molecule has 1 saturated carbocycles. The van der Waals surface area contributed by atoms with Gasteiger partial charge in [0.15, 0.2) is 0 Å². The molecule has 4 nitrogen and oxygen atoms in total. The van der Waals surface area contributed by atoms with Gasteiger partial charge in [0.25, 0.3) is 5.91 Å². The SMILES string of the molecule is COCCNC(=O)c1cc2sc(Br)cc2n1CC1CC1. The van der Waals surface area contributed by atoms with E-state index in [0.717, 1.165) is 32.2 Å². The number of nitrogens with one attached hydrogen (secondary N) is 1. The summed E-state index contributed by atoms with van der Waals surface area (Å²) >= 11 is 5.19. The Labute approximate surface area is 130 Å². The molecule has 1 amide bonds. The average molecular weight is 357 g/mol. The van der Waals surface area contributed by atoms with Crippen molar-refractivity contribution in [3.05, 3.63) is 21.6 Å². The molecule has 2 aromatic rings. The van der Waals surface area contributed by atoms with Gasteiger partial charge in [0.05, 0.1) is 20.6 Å². The number of nitrogens with zero attached hydrogens (tertiary/aromatic N) is 1. The lowest BCUT2D eigenvalue weighted by Crippen LogP contribution is -2.29. The first kappa shape index (κ1) is 14.1. The molecule has 6 heteroatoms. The van der Waals surface area contributed by atoms with E-state index in [-0.39, 0.29) is 5.91 Å². The van der Waals surface area contributed by atoms with Gasteiger partial charge in [0, 0.05) is 20.2 Å². The van der Waals surface area contributed by atoms with Gasteiger partial charge in [-0.15, -0.1) is 11.3 Å². The molecule has 0 bridgehead atoms. The van der Waals surface area contributed by atoms with E-state index in [1.165, 1.54) is 12.8 Å². The normalized spacial score (nSPS) is 14.9. The highest BCUT2D eigenvalue weighted by molar-refractivity contribution is 9.11. The molecule has 1 aliphatic rings. The van der Waals surface area contributed by atoms with Crippen LogP contribution in [0.3, 0.4) is 0 Å². The molecule has 0 radical (unpaired) electrons. The molecule has 1 N–H and O–H groups in total. The molecule has 1 aliphatic carbocycles. The molecule has 0 atom stereocenters. The standard InChI is InChI=1S/C14H17BrN2O2S/c1-19-5-4-16-14(18)11-6-12-10(7-13(15)20-12)17(11)8-9-2-3-9/h6-7,9H,2-5,8H2,1H3,(H,16,18). The zero-order valence-electron chi connectivity index (χ0n) is 11.3. The number of thiophene rings is 1. The molecule has 2 heterocycles. The van der Waals surface area contributed by atoms with Crippen molar-refractivity contribution in [2.24, 2.45) is 5.92 Å². The second-order valence-corrected chi connectivity index (χ2v) is 7.60. The van der Waals surface area contributed by atoms with Crippen molar-refractivity contribution < 1.29 is 9.53 Å². The van der Waals surface area contributed by atoms with E-state index in [0.29, 0.717) is 13.2 Å². The topological polar surface area (TPSA) is 43.3 Å². The van der Waals surface area contributed by atoms with E-state index < -0.39 is 0 Å². The molecule has 2 aromatic heterocycles. The van der Waals surface area contributed by atoms with Crippen LogP contribution in [0, 0.1) is 5.92 Å². The minimum atomic E-state index is -0.0118. The molecular weight excluding hydrogens is 340 g/mol. The maximum Gasteiger partial charge on any atom is 0.268 e. The van der Waals surface area contributed by atoms with E-state index in [4.69, 9.17) is 4.74 Å². The van der Waals surface area contributed by atoms with Crippen LogP contribution in [-0.4, -0.2) is 30.7 Å². The summed E-state index contributed by atoms with van der Waals surface area (Å²) in [4.78, 5) is 12.3. The van der Waals surface area contributed by atoms with E-state index in [1.807, 2.05) is 6.07 Å². The summed E-state index contributed by atoms with van der Waals surface area (Å²) in [5.74, 6) is 0.719. The lowest BCUT2D eigenvalue weighted by Gasteiger charge is -2.10. The van der Waals surface area contributed by atoms with Crippen molar-refractivity contribution in [2.45, 2.75) is 19.4 Å². The maximum absolute atomic E-state index is 12.3. The Kier molecular flexibility index (Phi) is 4.14. The van der Waals surface area contributed by atoms with Gasteiger partial charge in [0.2, 0.25) is 0 Å². The Balaban J connectivity index is 1.87. The fraction of sp³-hybridized carbons (Fsp3) is 0.500. The Hall–Kier alpha value is -0.850. The summed E-state index contributed by atoms with van der Waals surface area (Å²) in [7, 11) is 1.63. The highest BCUT2D eigenvalue weighted by Crippen LogP contribution is 2.36. The number of ether oxygens (including phenoxy) is 1. The molecule has 0 unspecified atom stereocenters. The lowest BCUT2D eigenvalue weighted by molar-refractivity contribution is 0.0928. The van der Waals surface area contributed by atoms with E-state index >= 15 is 0 Å². The number of carbonyl (C=O) groups excluding carboxylic acids is 1. The summed E-state index contributed by atoms with van der Waals surface area (Å²) in [5, 5.41) is 2.91. The molecule has 20 heavy (non-hydrogen) atoms. The van der Waals surface area contributed by atoms with Gasteiger partial charge in [0.1, 0.15) is 5.69 Å². The van der Waals surface area contributed by atoms with Crippen molar-refractivity contribution in [3.8, 4) is 0 Å². The van der Waals surface area contributed by atoms with Crippen LogP contribution in [0.1, 0.15) is 23.3 Å².